The molecule has 2 N–H and O–H groups in total. The minimum absolute atomic E-state index is 0.00363. The van der Waals surface area contributed by atoms with Gasteiger partial charge in [0.25, 0.3) is 0 Å². The molecule has 132 valence electrons. The summed E-state index contributed by atoms with van der Waals surface area (Å²) in [6, 6.07) is 8.62. The molecule has 1 saturated heterocycles. The zero-order chi connectivity index (χ0) is 17.6. The monoisotopic (exact) mass is 344 g/mol. The second-order valence-corrected chi connectivity index (χ2v) is 5.94. The third-order valence-electron chi connectivity index (χ3n) is 4.18. The zero-order valence-corrected chi connectivity index (χ0v) is 13.7. The summed E-state index contributed by atoms with van der Waals surface area (Å²) in [5.74, 6) is -0.499. The number of piperidine rings is 1. The maximum absolute atomic E-state index is 12.8. The highest BCUT2D eigenvalue weighted by Crippen LogP contribution is 2.25. The van der Waals surface area contributed by atoms with Crippen LogP contribution in [0.4, 0.5) is 0 Å². The lowest BCUT2D eigenvalue weighted by Crippen LogP contribution is -2.46. The standard InChI is InChI=1S/C17H20N4O4/c22-14-8-4-5-11-21(14)15(12-6-2-1-3-7-12)16(23)18-10-9-13-19-17(24)25-20-13/h1-3,6-7,15H,4-5,8-11H2,(H,18,23)(H,19,20,24)/t15-/m1/s1. The van der Waals surface area contributed by atoms with Crippen molar-refractivity contribution in [1.29, 1.82) is 0 Å². The lowest BCUT2D eigenvalue weighted by Gasteiger charge is -2.34. The first-order valence-electron chi connectivity index (χ1n) is 8.32. The Kier molecular flexibility index (Phi) is 5.27. The summed E-state index contributed by atoms with van der Waals surface area (Å²) in [4.78, 5) is 40.0. The highest BCUT2D eigenvalue weighted by molar-refractivity contribution is 5.89. The summed E-state index contributed by atoms with van der Waals surface area (Å²) in [7, 11) is 0. The molecule has 0 saturated carbocycles. The smallest absolute Gasteiger partial charge is 0.354 e. The van der Waals surface area contributed by atoms with Gasteiger partial charge in [0, 0.05) is 25.9 Å². The number of aromatic nitrogens is 2. The Morgan fingerprint density at radius 3 is 2.76 bits per heavy atom. The Labute approximate surface area is 144 Å². The van der Waals surface area contributed by atoms with E-state index in [1.165, 1.54) is 0 Å². The van der Waals surface area contributed by atoms with Gasteiger partial charge in [-0.1, -0.05) is 35.5 Å². The van der Waals surface area contributed by atoms with Crippen LogP contribution >= 0.6 is 0 Å². The Balaban J connectivity index is 1.70. The van der Waals surface area contributed by atoms with E-state index in [1.807, 2.05) is 30.3 Å². The number of likely N-dealkylation sites (tertiary alicyclic amines) is 1. The molecule has 1 aromatic heterocycles. The molecule has 1 aliphatic rings. The second kappa shape index (κ2) is 7.78. The number of hydrogen-bond donors (Lipinski definition) is 2. The molecule has 0 radical (unpaired) electrons. The van der Waals surface area contributed by atoms with Crippen molar-refractivity contribution in [3.05, 3.63) is 52.3 Å². The van der Waals surface area contributed by atoms with E-state index in [0.717, 1.165) is 18.4 Å². The maximum Gasteiger partial charge on any atom is 0.438 e. The van der Waals surface area contributed by atoms with Gasteiger partial charge in [-0.25, -0.2) is 4.79 Å². The van der Waals surface area contributed by atoms with Crippen LogP contribution in [0, 0.1) is 0 Å². The predicted molar refractivity (Wildman–Crippen MR) is 88.6 cm³/mol. The first kappa shape index (κ1) is 16.9. The molecule has 1 fully saturated rings. The van der Waals surface area contributed by atoms with E-state index in [4.69, 9.17) is 0 Å². The number of nitrogens with one attached hydrogen (secondary N) is 2. The summed E-state index contributed by atoms with van der Waals surface area (Å²) < 4.78 is 4.42. The lowest BCUT2D eigenvalue weighted by molar-refractivity contribution is -0.142. The minimum atomic E-state index is -0.648. The van der Waals surface area contributed by atoms with Gasteiger partial charge in [0.15, 0.2) is 5.82 Å². The quantitative estimate of drug-likeness (QED) is 0.805. The van der Waals surface area contributed by atoms with Crippen LogP contribution in [0.5, 0.6) is 0 Å². The van der Waals surface area contributed by atoms with E-state index in [-0.39, 0.29) is 18.4 Å². The summed E-state index contributed by atoms with van der Waals surface area (Å²) in [6.07, 6.45) is 2.56. The number of hydrogen-bond acceptors (Lipinski definition) is 5. The van der Waals surface area contributed by atoms with E-state index in [1.54, 1.807) is 4.90 Å². The first-order chi connectivity index (χ1) is 12.1. The average Bonchev–Trinajstić information content (AvgIpc) is 3.03. The number of carbonyl (C=O) groups excluding carboxylic acids is 2. The number of aromatic amines is 1. The van der Waals surface area contributed by atoms with Crippen molar-refractivity contribution in [3.63, 3.8) is 0 Å². The van der Waals surface area contributed by atoms with E-state index in [2.05, 4.69) is 20.0 Å². The van der Waals surface area contributed by atoms with Crippen molar-refractivity contribution >= 4 is 11.8 Å². The minimum Gasteiger partial charge on any atom is -0.354 e. The fourth-order valence-electron chi connectivity index (χ4n) is 2.98. The molecule has 2 aromatic rings. The molecule has 0 unspecified atom stereocenters. The van der Waals surface area contributed by atoms with Crippen molar-refractivity contribution < 1.29 is 14.1 Å². The van der Waals surface area contributed by atoms with Crippen molar-refractivity contribution in [2.24, 2.45) is 0 Å². The number of benzene rings is 1. The Hall–Kier alpha value is -2.90. The number of rotatable bonds is 6. The van der Waals surface area contributed by atoms with Gasteiger partial charge < -0.3 is 10.2 Å². The van der Waals surface area contributed by atoms with Gasteiger partial charge in [0.2, 0.25) is 11.8 Å². The Bertz CT molecular complexity index is 783. The maximum atomic E-state index is 12.8. The molecule has 3 rings (SSSR count). The van der Waals surface area contributed by atoms with E-state index >= 15 is 0 Å². The Morgan fingerprint density at radius 1 is 1.28 bits per heavy atom. The largest absolute Gasteiger partial charge is 0.438 e. The van der Waals surface area contributed by atoms with Crippen LogP contribution in [0.15, 0.2) is 39.6 Å². The third kappa shape index (κ3) is 4.14. The van der Waals surface area contributed by atoms with Crippen molar-refractivity contribution in [2.75, 3.05) is 13.1 Å². The van der Waals surface area contributed by atoms with Crippen LogP contribution in [0.3, 0.4) is 0 Å². The molecule has 2 heterocycles. The topological polar surface area (TPSA) is 108 Å². The van der Waals surface area contributed by atoms with Crippen LogP contribution in [0.1, 0.15) is 36.7 Å². The summed E-state index contributed by atoms with van der Waals surface area (Å²) in [6.45, 7) is 0.856. The van der Waals surface area contributed by atoms with Crippen LogP contribution in [0.25, 0.3) is 0 Å². The van der Waals surface area contributed by atoms with Crippen LogP contribution in [-0.4, -0.2) is 39.9 Å². The van der Waals surface area contributed by atoms with Crippen LogP contribution in [0.2, 0.25) is 0 Å². The van der Waals surface area contributed by atoms with E-state index < -0.39 is 11.8 Å². The molecule has 25 heavy (non-hydrogen) atoms. The lowest BCUT2D eigenvalue weighted by atomic mass is 10.0. The predicted octanol–water partition coefficient (Wildman–Crippen LogP) is 0.775. The summed E-state index contributed by atoms with van der Waals surface area (Å²) in [5.41, 5.74) is 0.782. The number of amides is 2. The molecule has 1 atom stereocenters. The van der Waals surface area contributed by atoms with Gasteiger partial charge in [0.05, 0.1) is 0 Å². The van der Waals surface area contributed by atoms with Crippen molar-refractivity contribution in [3.8, 4) is 0 Å². The molecule has 8 nitrogen and oxygen atoms in total. The molecule has 0 aliphatic carbocycles. The highest BCUT2D eigenvalue weighted by Gasteiger charge is 2.32. The molecular formula is C17H20N4O4. The van der Waals surface area contributed by atoms with Gasteiger partial charge >= 0.3 is 5.76 Å². The molecule has 2 amide bonds. The van der Waals surface area contributed by atoms with Crippen molar-refractivity contribution in [2.45, 2.75) is 31.7 Å². The number of nitrogens with zero attached hydrogens (tertiary/aromatic N) is 2. The van der Waals surface area contributed by atoms with E-state index in [0.29, 0.717) is 25.2 Å². The summed E-state index contributed by atoms with van der Waals surface area (Å²) >= 11 is 0. The second-order valence-electron chi connectivity index (χ2n) is 5.94. The SMILES string of the molecule is O=C(NCCc1noc(=O)[nH]1)[C@@H](c1ccccc1)N1CCCCC1=O. The normalized spacial score (nSPS) is 15.8. The van der Waals surface area contributed by atoms with Crippen LogP contribution < -0.4 is 11.1 Å². The average molecular weight is 344 g/mol. The molecule has 0 bridgehead atoms. The number of carbonyl (C=O) groups is 2. The third-order valence-corrected chi connectivity index (χ3v) is 4.18. The zero-order valence-electron chi connectivity index (χ0n) is 13.7. The molecular weight excluding hydrogens is 324 g/mol. The van der Waals surface area contributed by atoms with Gasteiger partial charge in [0.1, 0.15) is 6.04 Å². The summed E-state index contributed by atoms with van der Waals surface area (Å²) in [5, 5.41) is 6.38. The number of H-pyrrole nitrogens is 1. The van der Waals surface area contributed by atoms with Gasteiger partial charge in [-0.05, 0) is 18.4 Å². The molecule has 1 aromatic carbocycles. The molecule has 8 heteroatoms. The Morgan fingerprint density at radius 2 is 2.08 bits per heavy atom. The van der Waals surface area contributed by atoms with Gasteiger partial charge in [-0.15, -0.1) is 0 Å². The van der Waals surface area contributed by atoms with Crippen LogP contribution in [-0.2, 0) is 16.0 Å². The van der Waals surface area contributed by atoms with Crippen molar-refractivity contribution in [1.82, 2.24) is 20.4 Å². The highest BCUT2D eigenvalue weighted by atomic mass is 16.5. The fourth-order valence-corrected chi connectivity index (χ4v) is 2.98. The molecule has 1 aliphatic heterocycles. The first-order valence-corrected chi connectivity index (χ1v) is 8.32. The van der Waals surface area contributed by atoms with E-state index in [9.17, 15) is 14.4 Å². The molecule has 0 spiro atoms. The van der Waals surface area contributed by atoms with Gasteiger partial charge in [-0.3, -0.25) is 19.1 Å². The fraction of sp³-hybridized carbons (Fsp3) is 0.412. The van der Waals surface area contributed by atoms with Gasteiger partial charge in [-0.2, -0.15) is 0 Å².